The van der Waals surface area contributed by atoms with Crippen LogP contribution in [0.5, 0.6) is 0 Å². The third-order valence-corrected chi connectivity index (χ3v) is 6.29. The molecule has 1 fully saturated rings. The van der Waals surface area contributed by atoms with Crippen molar-refractivity contribution >= 4 is 23.2 Å². The maximum atomic E-state index is 12.8. The second-order valence-electron chi connectivity index (χ2n) is 7.12. The van der Waals surface area contributed by atoms with Crippen molar-refractivity contribution in [3.63, 3.8) is 0 Å². The third-order valence-electron chi connectivity index (χ3n) is 5.14. The smallest absolute Gasteiger partial charge is 0.289 e. The van der Waals surface area contributed by atoms with Gasteiger partial charge in [0.2, 0.25) is 0 Å². The molecule has 4 heterocycles. The lowest BCUT2D eigenvalue weighted by Crippen LogP contribution is -2.50. The molecule has 0 aromatic carbocycles. The number of piperazine rings is 1. The van der Waals surface area contributed by atoms with Crippen molar-refractivity contribution in [3.05, 3.63) is 45.5 Å². The Morgan fingerprint density at radius 2 is 1.77 bits per heavy atom. The van der Waals surface area contributed by atoms with Gasteiger partial charge in [-0.05, 0) is 37.6 Å². The van der Waals surface area contributed by atoms with Crippen molar-refractivity contribution in [2.75, 3.05) is 26.2 Å². The van der Waals surface area contributed by atoms with E-state index in [2.05, 4.69) is 24.8 Å². The van der Waals surface area contributed by atoms with Crippen molar-refractivity contribution in [1.82, 2.24) is 14.7 Å². The van der Waals surface area contributed by atoms with Gasteiger partial charge in [-0.1, -0.05) is 0 Å². The number of amides is 2. The van der Waals surface area contributed by atoms with Crippen LogP contribution in [-0.2, 0) is 13.1 Å². The van der Waals surface area contributed by atoms with Crippen LogP contribution in [0.3, 0.4) is 0 Å². The zero-order chi connectivity index (χ0) is 18.3. The fourth-order valence-electron chi connectivity index (χ4n) is 3.49. The van der Waals surface area contributed by atoms with Crippen molar-refractivity contribution in [2.45, 2.75) is 33.0 Å². The molecule has 0 saturated carbocycles. The maximum absolute atomic E-state index is 12.8. The Kier molecular flexibility index (Phi) is 4.58. The lowest BCUT2D eigenvalue weighted by atomic mass is 10.2. The predicted octanol–water partition coefficient (Wildman–Crippen LogP) is 2.66. The summed E-state index contributed by atoms with van der Waals surface area (Å²) in [6, 6.07) is 5.97. The van der Waals surface area contributed by atoms with Crippen LogP contribution in [0.1, 0.15) is 44.5 Å². The number of thiophene rings is 1. The molecule has 0 radical (unpaired) electrons. The van der Waals surface area contributed by atoms with Gasteiger partial charge in [-0.3, -0.25) is 14.5 Å². The van der Waals surface area contributed by atoms with Gasteiger partial charge in [0.1, 0.15) is 0 Å². The van der Waals surface area contributed by atoms with Crippen molar-refractivity contribution in [1.29, 1.82) is 0 Å². The van der Waals surface area contributed by atoms with Gasteiger partial charge in [0.15, 0.2) is 5.76 Å². The van der Waals surface area contributed by atoms with Crippen LogP contribution >= 0.6 is 11.3 Å². The molecule has 2 aromatic heterocycles. The number of hydrogen-bond donors (Lipinski definition) is 0. The van der Waals surface area contributed by atoms with Gasteiger partial charge in [0, 0.05) is 50.2 Å². The highest BCUT2D eigenvalue weighted by atomic mass is 32.1. The summed E-state index contributed by atoms with van der Waals surface area (Å²) in [6.07, 6.45) is 1.50. The van der Waals surface area contributed by atoms with Crippen LogP contribution in [0.15, 0.2) is 28.9 Å². The molecule has 0 aliphatic carbocycles. The molecule has 2 aliphatic heterocycles. The second kappa shape index (κ2) is 6.89. The van der Waals surface area contributed by atoms with E-state index in [1.807, 2.05) is 4.90 Å². The molecule has 138 valence electrons. The van der Waals surface area contributed by atoms with Crippen LogP contribution in [0.2, 0.25) is 0 Å². The minimum absolute atomic E-state index is 0.0885. The first-order chi connectivity index (χ1) is 12.5. The molecule has 0 unspecified atom stereocenters. The van der Waals surface area contributed by atoms with E-state index in [1.54, 1.807) is 28.4 Å². The molecular formula is C19H23N3O3S. The summed E-state index contributed by atoms with van der Waals surface area (Å²) >= 11 is 1.62. The molecule has 7 heteroatoms. The van der Waals surface area contributed by atoms with Gasteiger partial charge < -0.3 is 14.2 Å². The van der Waals surface area contributed by atoms with Crippen molar-refractivity contribution in [3.8, 4) is 0 Å². The van der Waals surface area contributed by atoms with Gasteiger partial charge in [0.25, 0.3) is 11.8 Å². The van der Waals surface area contributed by atoms with Crippen molar-refractivity contribution < 1.29 is 14.0 Å². The van der Waals surface area contributed by atoms with E-state index in [0.717, 1.165) is 18.0 Å². The lowest BCUT2D eigenvalue weighted by molar-refractivity contribution is 0.0520. The molecule has 26 heavy (non-hydrogen) atoms. The van der Waals surface area contributed by atoms with Crippen LogP contribution in [0.4, 0.5) is 0 Å². The number of nitrogens with zero attached hydrogens (tertiary/aromatic N) is 3. The van der Waals surface area contributed by atoms with E-state index in [1.165, 1.54) is 16.7 Å². The van der Waals surface area contributed by atoms with E-state index in [9.17, 15) is 9.59 Å². The maximum Gasteiger partial charge on any atom is 0.289 e. The molecule has 2 amide bonds. The average molecular weight is 373 g/mol. The molecular weight excluding hydrogens is 350 g/mol. The fourth-order valence-corrected chi connectivity index (χ4v) is 4.66. The summed E-state index contributed by atoms with van der Waals surface area (Å²) in [6.45, 7) is 8.48. The van der Waals surface area contributed by atoms with Crippen LogP contribution in [0.25, 0.3) is 0 Å². The summed E-state index contributed by atoms with van der Waals surface area (Å²) in [4.78, 5) is 33.3. The van der Waals surface area contributed by atoms with E-state index in [-0.39, 0.29) is 11.8 Å². The van der Waals surface area contributed by atoms with E-state index >= 15 is 0 Å². The SMILES string of the molecule is CC(C)N1Cc2cc(C(=O)N3CCN(C(=O)c4ccco4)CC3)sc2C1. The Labute approximate surface area is 157 Å². The van der Waals surface area contributed by atoms with Gasteiger partial charge in [-0.25, -0.2) is 0 Å². The number of carbonyl (C=O) groups excluding carboxylic acids is 2. The quantitative estimate of drug-likeness (QED) is 0.830. The highest BCUT2D eigenvalue weighted by Crippen LogP contribution is 2.32. The van der Waals surface area contributed by atoms with Gasteiger partial charge in [0.05, 0.1) is 11.1 Å². The van der Waals surface area contributed by atoms with E-state index in [4.69, 9.17) is 4.42 Å². The molecule has 4 rings (SSSR count). The predicted molar refractivity (Wildman–Crippen MR) is 99.2 cm³/mol. The Morgan fingerprint density at radius 3 is 2.35 bits per heavy atom. The van der Waals surface area contributed by atoms with Gasteiger partial charge >= 0.3 is 0 Å². The third kappa shape index (κ3) is 3.17. The van der Waals surface area contributed by atoms with Crippen molar-refractivity contribution in [2.24, 2.45) is 0 Å². The number of rotatable bonds is 3. The standard InChI is InChI=1S/C19H23N3O3S/c1-13(2)22-11-14-10-16(26-17(14)12-22)19(24)21-7-5-20(6-8-21)18(23)15-4-3-9-25-15/h3-4,9-10,13H,5-8,11-12H2,1-2H3. The summed E-state index contributed by atoms with van der Waals surface area (Å²) in [5, 5.41) is 0. The second-order valence-corrected chi connectivity index (χ2v) is 8.26. The summed E-state index contributed by atoms with van der Waals surface area (Å²) in [5.74, 6) is 0.339. The first-order valence-corrected chi connectivity index (χ1v) is 9.82. The Hall–Kier alpha value is -2.12. The summed E-state index contributed by atoms with van der Waals surface area (Å²) in [5.41, 5.74) is 1.29. The molecule has 0 bridgehead atoms. The van der Waals surface area contributed by atoms with Crippen LogP contribution < -0.4 is 0 Å². The molecule has 6 nitrogen and oxygen atoms in total. The Morgan fingerprint density at radius 1 is 1.08 bits per heavy atom. The number of hydrogen-bond acceptors (Lipinski definition) is 5. The van der Waals surface area contributed by atoms with Gasteiger partial charge in [-0.2, -0.15) is 0 Å². The Balaban J connectivity index is 1.36. The topological polar surface area (TPSA) is 57.0 Å². The fraction of sp³-hybridized carbons (Fsp3) is 0.474. The Bertz CT molecular complexity index is 781. The number of carbonyl (C=O) groups is 2. The molecule has 2 aliphatic rings. The normalized spacial score (nSPS) is 17.8. The molecule has 2 aromatic rings. The lowest BCUT2D eigenvalue weighted by Gasteiger charge is -2.34. The number of fused-ring (bicyclic) bond motifs is 1. The average Bonchev–Trinajstić information content (AvgIpc) is 3.36. The largest absolute Gasteiger partial charge is 0.459 e. The van der Waals surface area contributed by atoms with Crippen LogP contribution in [-0.4, -0.2) is 58.7 Å². The van der Waals surface area contributed by atoms with Gasteiger partial charge in [-0.15, -0.1) is 11.3 Å². The molecule has 0 atom stereocenters. The minimum Gasteiger partial charge on any atom is -0.459 e. The zero-order valence-electron chi connectivity index (χ0n) is 15.1. The highest BCUT2D eigenvalue weighted by molar-refractivity contribution is 7.14. The molecule has 0 spiro atoms. The monoisotopic (exact) mass is 373 g/mol. The molecule has 0 N–H and O–H groups in total. The van der Waals surface area contributed by atoms with E-state index in [0.29, 0.717) is 38.0 Å². The van der Waals surface area contributed by atoms with E-state index < -0.39 is 0 Å². The summed E-state index contributed by atoms with van der Waals surface area (Å²) < 4.78 is 5.18. The summed E-state index contributed by atoms with van der Waals surface area (Å²) in [7, 11) is 0. The van der Waals surface area contributed by atoms with Crippen LogP contribution in [0, 0.1) is 0 Å². The first-order valence-electron chi connectivity index (χ1n) is 9.00. The zero-order valence-corrected chi connectivity index (χ0v) is 15.9. The minimum atomic E-state index is -0.106. The highest BCUT2D eigenvalue weighted by Gasteiger charge is 2.30. The molecule has 1 saturated heterocycles. The first kappa shape index (κ1) is 17.3. The number of furan rings is 1.